The van der Waals surface area contributed by atoms with Crippen molar-refractivity contribution in [1.29, 1.82) is 0 Å². The minimum atomic E-state index is -0.500. The van der Waals surface area contributed by atoms with Crippen molar-refractivity contribution in [2.45, 2.75) is 6.92 Å². The Morgan fingerprint density at radius 2 is 1.25 bits per heavy atom. The Labute approximate surface area is 211 Å². The van der Waals surface area contributed by atoms with Crippen LogP contribution in [0.3, 0.4) is 0 Å². The minimum Gasteiger partial charge on any atom is -0.507 e. The van der Waals surface area contributed by atoms with Gasteiger partial charge in [-0.2, -0.15) is 0 Å². The lowest BCUT2D eigenvalue weighted by Gasteiger charge is -2.08. The number of allylic oxidation sites excluding steroid dienone is 4. The van der Waals surface area contributed by atoms with Gasteiger partial charge in [0.15, 0.2) is 28.8 Å². The molecule has 2 aromatic carbocycles. The number of aliphatic hydroxyl groups excluding tert-OH is 1. The fourth-order valence-corrected chi connectivity index (χ4v) is 3.13. The van der Waals surface area contributed by atoms with Gasteiger partial charge < -0.3 is 29.4 Å². The Kier molecular flexibility index (Phi) is 10.8. The second kappa shape index (κ2) is 14.1. The van der Waals surface area contributed by atoms with Crippen molar-refractivity contribution in [3.8, 4) is 23.0 Å². The van der Waals surface area contributed by atoms with Gasteiger partial charge in [0.2, 0.25) is 5.91 Å². The monoisotopic (exact) mass is 493 g/mol. The van der Waals surface area contributed by atoms with E-state index in [0.717, 1.165) is 0 Å². The standard InChI is InChI=1S/C28H31NO7/c1-6-29-28(32)16-11-21(22(30)12-7-19-9-14-24(33-2)26(17-19)35-4)23(31)13-8-20-10-15-25(34-3)27(18-20)36-5/h7-18,30H,6H2,1-5H3,(H,29,32)/b12-7+,13-8+,16-11+,22-21+. The Bertz CT molecular complexity index is 1190. The van der Waals surface area contributed by atoms with Crippen molar-refractivity contribution in [2.24, 2.45) is 0 Å². The van der Waals surface area contributed by atoms with Gasteiger partial charge in [-0.3, -0.25) is 9.59 Å². The van der Waals surface area contributed by atoms with E-state index in [-0.39, 0.29) is 17.2 Å². The van der Waals surface area contributed by atoms with Crippen LogP contribution in [-0.4, -0.2) is 51.8 Å². The first-order valence-corrected chi connectivity index (χ1v) is 11.1. The molecule has 0 heterocycles. The Hall–Kier alpha value is -4.46. The number of ether oxygens (including phenoxy) is 4. The maximum absolute atomic E-state index is 13.0. The number of carbonyl (C=O) groups excluding carboxylic acids is 2. The Balaban J connectivity index is 2.39. The number of amides is 1. The maximum atomic E-state index is 13.0. The van der Waals surface area contributed by atoms with Crippen LogP contribution in [0.1, 0.15) is 18.1 Å². The number of rotatable bonds is 12. The number of nitrogens with one attached hydrogen (secondary N) is 1. The van der Waals surface area contributed by atoms with Crippen LogP contribution in [0.15, 0.2) is 72.0 Å². The zero-order valence-corrected chi connectivity index (χ0v) is 21.0. The lowest BCUT2D eigenvalue weighted by Crippen LogP contribution is -2.20. The largest absolute Gasteiger partial charge is 0.507 e. The van der Waals surface area contributed by atoms with Crippen LogP contribution in [0.25, 0.3) is 12.2 Å². The van der Waals surface area contributed by atoms with Gasteiger partial charge in [0, 0.05) is 12.6 Å². The maximum Gasteiger partial charge on any atom is 0.243 e. The number of methoxy groups -OCH3 is 4. The van der Waals surface area contributed by atoms with Crippen LogP contribution in [0.4, 0.5) is 0 Å². The highest BCUT2D eigenvalue weighted by molar-refractivity contribution is 6.09. The van der Waals surface area contributed by atoms with E-state index < -0.39 is 5.78 Å². The summed E-state index contributed by atoms with van der Waals surface area (Å²) in [6.07, 6.45) is 8.35. The second-order valence-electron chi connectivity index (χ2n) is 7.29. The molecule has 190 valence electrons. The summed E-state index contributed by atoms with van der Waals surface area (Å²) < 4.78 is 21.0. The SMILES string of the molecule is CCNC(=O)/C=C/C(C(=O)/C=C/c1ccc(OC)c(OC)c1)=C(O)/C=C/c1ccc(OC)c(OC)c1. The Morgan fingerprint density at radius 1 is 0.750 bits per heavy atom. The van der Waals surface area contributed by atoms with Crippen LogP contribution < -0.4 is 24.3 Å². The van der Waals surface area contributed by atoms with E-state index in [1.54, 1.807) is 55.5 Å². The smallest absolute Gasteiger partial charge is 0.243 e. The lowest BCUT2D eigenvalue weighted by molar-refractivity contribution is -0.116. The molecule has 36 heavy (non-hydrogen) atoms. The van der Waals surface area contributed by atoms with Gasteiger partial charge in [-0.15, -0.1) is 0 Å². The molecule has 8 nitrogen and oxygen atoms in total. The van der Waals surface area contributed by atoms with Crippen LogP contribution in [0.2, 0.25) is 0 Å². The van der Waals surface area contributed by atoms with Crippen LogP contribution in [0, 0.1) is 0 Å². The quantitative estimate of drug-likeness (QED) is 0.255. The van der Waals surface area contributed by atoms with E-state index in [1.807, 2.05) is 0 Å². The number of carbonyl (C=O) groups is 2. The van der Waals surface area contributed by atoms with Gasteiger partial charge in [-0.25, -0.2) is 0 Å². The molecule has 0 radical (unpaired) electrons. The van der Waals surface area contributed by atoms with Gasteiger partial charge in [-0.1, -0.05) is 24.3 Å². The molecule has 0 unspecified atom stereocenters. The molecule has 0 aliphatic heterocycles. The highest BCUT2D eigenvalue weighted by atomic mass is 16.5. The fourth-order valence-electron chi connectivity index (χ4n) is 3.13. The molecule has 2 N–H and O–H groups in total. The molecular formula is C28H31NO7. The summed E-state index contributed by atoms with van der Waals surface area (Å²) in [7, 11) is 6.12. The molecule has 1 amide bonds. The zero-order valence-electron chi connectivity index (χ0n) is 21.0. The van der Waals surface area contributed by atoms with E-state index in [0.29, 0.717) is 40.7 Å². The molecule has 0 bridgehead atoms. The van der Waals surface area contributed by atoms with Crippen molar-refractivity contribution in [3.05, 3.63) is 83.2 Å². The molecule has 0 atom stereocenters. The highest BCUT2D eigenvalue weighted by Crippen LogP contribution is 2.29. The van der Waals surface area contributed by atoms with Gasteiger partial charge >= 0.3 is 0 Å². The third-order valence-electron chi connectivity index (χ3n) is 4.97. The van der Waals surface area contributed by atoms with Gasteiger partial charge in [0.05, 0.1) is 34.0 Å². The van der Waals surface area contributed by atoms with Gasteiger partial charge in [-0.05, 0) is 60.5 Å². The molecule has 0 saturated carbocycles. The van der Waals surface area contributed by atoms with Crippen molar-refractivity contribution in [2.75, 3.05) is 35.0 Å². The molecule has 0 aliphatic rings. The number of benzene rings is 2. The van der Waals surface area contributed by atoms with E-state index >= 15 is 0 Å². The summed E-state index contributed by atoms with van der Waals surface area (Å²) in [5.41, 5.74) is 1.34. The van der Waals surface area contributed by atoms with Crippen molar-refractivity contribution < 1.29 is 33.6 Å². The lowest BCUT2D eigenvalue weighted by atomic mass is 10.1. The first-order chi connectivity index (χ1) is 17.4. The summed E-state index contributed by atoms with van der Waals surface area (Å²) in [4.78, 5) is 24.9. The predicted molar refractivity (Wildman–Crippen MR) is 140 cm³/mol. The molecule has 0 saturated heterocycles. The average molecular weight is 494 g/mol. The number of ketones is 1. The number of hydrogen-bond donors (Lipinski definition) is 2. The minimum absolute atomic E-state index is 0.0605. The van der Waals surface area contributed by atoms with E-state index in [9.17, 15) is 14.7 Å². The normalized spacial score (nSPS) is 12.0. The summed E-state index contributed by atoms with van der Waals surface area (Å²) in [6.45, 7) is 2.21. The molecular weight excluding hydrogens is 462 g/mol. The number of likely N-dealkylation sites (N-methyl/N-ethyl adjacent to an activating group) is 1. The van der Waals surface area contributed by atoms with Crippen LogP contribution in [-0.2, 0) is 9.59 Å². The molecule has 0 spiro atoms. The third kappa shape index (κ3) is 7.80. The first kappa shape index (κ1) is 27.8. The first-order valence-electron chi connectivity index (χ1n) is 11.1. The number of hydrogen-bond acceptors (Lipinski definition) is 7. The predicted octanol–water partition coefficient (Wildman–Crippen LogP) is 4.52. The summed E-state index contributed by atoms with van der Waals surface area (Å²) in [5, 5.41) is 13.3. The van der Waals surface area contributed by atoms with Crippen molar-refractivity contribution >= 4 is 23.8 Å². The molecule has 8 heteroatoms. The van der Waals surface area contributed by atoms with E-state index in [4.69, 9.17) is 18.9 Å². The topological polar surface area (TPSA) is 103 Å². The highest BCUT2D eigenvalue weighted by Gasteiger charge is 2.10. The summed E-state index contributed by atoms with van der Waals surface area (Å²) in [5.74, 6) is 0.961. The van der Waals surface area contributed by atoms with E-state index in [1.165, 1.54) is 52.7 Å². The van der Waals surface area contributed by atoms with Crippen LogP contribution in [0.5, 0.6) is 23.0 Å². The van der Waals surface area contributed by atoms with E-state index in [2.05, 4.69) is 5.32 Å². The third-order valence-corrected chi connectivity index (χ3v) is 4.97. The van der Waals surface area contributed by atoms with Crippen molar-refractivity contribution in [3.63, 3.8) is 0 Å². The van der Waals surface area contributed by atoms with Crippen LogP contribution >= 0.6 is 0 Å². The summed E-state index contributed by atoms with van der Waals surface area (Å²) in [6, 6.07) is 10.4. The molecule has 2 aromatic rings. The molecule has 2 rings (SSSR count). The fraction of sp³-hybridized carbons (Fsp3) is 0.214. The Morgan fingerprint density at radius 3 is 1.72 bits per heavy atom. The second-order valence-corrected chi connectivity index (χ2v) is 7.29. The van der Waals surface area contributed by atoms with Gasteiger partial charge in [0.25, 0.3) is 0 Å². The van der Waals surface area contributed by atoms with Gasteiger partial charge in [0.1, 0.15) is 5.76 Å². The average Bonchev–Trinajstić information content (AvgIpc) is 2.90. The molecule has 0 aliphatic carbocycles. The number of aliphatic hydroxyl groups is 1. The molecule has 0 fully saturated rings. The summed E-state index contributed by atoms with van der Waals surface area (Å²) >= 11 is 0. The van der Waals surface area contributed by atoms with Crippen molar-refractivity contribution in [1.82, 2.24) is 5.32 Å². The zero-order chi connectivity index (χ0) is 26.5. The molecule has 0 aromatic heterocycles.